The normalized spacial score (nSPS) is 12.2. The van der Waals surface area contributed by atoms with Gasteiger partial charge >= 0.3 is 0 Å². The number of sulfonamides is 1. The Labute approximate surface area is 149 Å². The number of hydrogen-bond acceptors (Lipinski definition) is 4. The topological polar surface area (TPSA) is 80.3 Å². The van der Waals surface area contributed by atoms with Crippen LogP contribution in [0.1, 0.15) is 0 Å². The van der Waals surface area contributed by atoms with Crippen molar-refractivity contribution in [1.29, 1.82) is 0 Å². The van der Waals surface area contributed by atoms with Crippen LogP contribution >= 0.6 is 34.8 Å². The molecule has 10 heteroatoms. The minimum atomic E-state index is -4.12. The SMILES string of the molecule is CS(=O)(=O)c1ccc(Cl)c(S(=O)(=O)Nc2cc(Cl)cc(Cl)c2)c1. The molecule has 0 heterocycles. The molecule has 23 heavy (non-hydrogen) atoms. The molecule has 0 bridgehead atoms. The summed E-state index contributed by atoms with van der Waals surface area (Å²) in [6.45, 7) is 0. The second kappa shape index (κ2) is 6.49. The molecular weight excluding hydrogens is 405 g/mol. The summed E-state index contributed by atoms with van der Waals surface area (Å²) < 4.78 is 50.3. The highest BCUT2D eigenvalue weighted by molar-refractivity contribution is 7.93. The van der Waals surface area contributed by atoms with E-state index in [1.807, 2.05) is 0 Å². The smallest absolute Gasteiger partial charge is 0.263 e. The van der Waals surface area contributed by atoms with E-state index >= 15 is 0 Å². The second-order valence-corrected chi connectivity index (χ2v) is 9.57. The molecule has 124 valence electrons. The minimum absolute atomic E-state index is 0.113. The molecule has 2 aromatic rings. The van der Waals surface area contributed by atoms with Gasteiger partial charge in [-0.1, -0.05) is 34.8 Å². The van der Waals surface area contributed by atoms with Crippen LogP contribution in [0.3, 0.4) is 0 Å². The largest absolute Gasteiger partial charge is 0.279 e. The maximum Gasteiger partial charge on any atom is 0.263 e. The van der Waals surface area contributed by atoms with Crippen LogP contribution in [0.4, 0.5) is 5.69 Å². The van der Waals surface area contributed by atoms with Crippen LogP contribution in [0.5, 0.6) is 0 Å². The van der Waals surface area contributed by atoms with E-state index in [2.05, 4.69) is 4.72 Å². The molecule has 0 spiro atoms. The Hall–Kier alpha value is -0.990. The number of benzene rings is 2. The van der Waals surface area contributed by atoms with Gasteiger partial charge in [0.25, 0.3) is 10.0 Å². The van der Waals surface area contributed by atoms with Crippen LogP contribution in [0.2, 0.25) is 15.1 Å². The summed E-state index contributed by atoms with van der Waals surface area (Å²) in [6.07, 6.45) is 0.969. The molecule has 0 atom stereocenters. The monoisotopic (exact) mass is 413 g/mol. The van der Waals surface area contributed by atoms with E-state index < -0.39 is 19.9 Å². The Morgan fingerprint density at radius 2 is 1.43 bits per heavy atom. The molecule has 0 aliphatic carbocycles. The fourth-order valence-electron chi connectivity index (χ4n) is 1.74. The predicted molar refractivity (Wildman–Crippen MR) is 91.8 cm³/mol. The number of anilines is 1. The van der Waals surface area contributed by atoms with Crippen molar-refractivity contribution in [3.8, 4) is 0 Å². The molecule has 0 radical (unpaired) electrons. The van der Waals surface area contributed by atoms with Crippen molar-refractivity contribution in [3.63, 3.8) is 0 Å². The third-order valence-electron chi connectivity index (χ3n) is 2.74. The van der Waals surface area contributed by atoms with Gasteiger partial charge in [-0.3, -0.25) is 4.72 Å². The summed E-state index contributed by atoms with van der Waals surface area (Å²) in [7, 11) is -7.71. The van der Waals surface area contributed by atoms with Crippen molar-refractivity contribution < 1.29 is 16.8 Å². The van der Waals surface area contributed by atoms with Crippen LogP contribution < -0.4 is 4.72 Å². The number of halogens is 3. The fourth-order valence-corrected chi connectivity index (χ4v) is 4.56. The zero-order chi connectivity index (χ0) is 17.4. The van der Waals surface area contributed by atoms with Gasteiger partial charge in [0, 0.05) is 16.3 Å². The lowest BCUT2D eigenvalue weighted by Gasteiger charge is -2.11. The Morgan fingerprint density at radius 3 is 1.96 bits per heavy atom. The number of rotatable bonds is 4. The average Bonchev–Trinajstić information content (AvgIpc) is 2.35. The van der Waals surface area contributed by atoms with Gasteiger partial charge in [0.05, 0.1) is 15.6 Å². The van der Waals surface area contributed by atoms with E-state index in [9.17, 15) is 16.8 Å². The summed E-state index contributed by atoms with van der Waals surface area (Å²) in [4.78, 5) is -0.524. The van der Waals surface area contributed by atoms with E-state index in [0.29, 0.717) is 0 Å². The van der Waals surface area contributed by atoms with Crippen LogP contribution in [0, 0.1) is 0 Å². The minimum Gasteiger partial charge on any atom is -0.279 e. The average molecular weight is 415 g/mol. The third-order valence-corrected chi connectivity index (χ3v) is 6.14. The standard InChI is InChI=1S/C13H10Cl3NO4S2/c1-22(18,19)11-2-3-12(16)13(7-11)23(20,21)17-10-5-8(14)4-9(15)6-10/h2-7,17H,1H3. The van der Waals surface area contributed by atoms with Crippen LogP contribution in [0.25, 0.3) is 0 Å². The molecule has 0 saturated heterocycles. The van der Waals surface area contributed by atoms with E-state index in [1.54, 1.807) is 0 Å². The summed E-state index contributed by atoms with van der Waals surface area (Å²) in [6, 6.07) is 7.59. The van der Waals surface area contributed by atoms with E-state index in [0.717, 1.165) is 12.3 Å². The van der Waals surface area contributed by atoms with E-state index in [-0.39, 0.29) is 30.5 Å². The first kappa shape index (κ1) is 18.4. The van der Waals surface area contributed by atoms with Gasteiger partial charge < -0.3 is 0 Å². The first-order chi connectivity index (χ1) is 10.5. The highest BCUT2D eigenvalue weighted by atomic mass is 35.5. The van der Waals surface area contributed by atoms with Gasteiger partial charge in [-0.25, -0.2) is 16.8 Å². The lowest BCUT2D eigenvalue weighted by atomic mass is 10.3. The van der Waals surface area contributed by atoms with Crippen molar-refractivity contribution in [2.75, 3.05) is 11.0 Å². The van der Waals surface area contributed by atoms with Gasteiger partial charge in [0.2, 0.25) is 0 Å². The lowest BCUT2D eigenvalue weighted by Crippen LogP contribution is -2.14. The molecule has 2 aromatic carbocycles. The molecule has 1 N–H and O–H groups in total. The molecule has 0 unspecified atom stereocenters. The van der Waals surface area contributed by atoms with Crippen LogP contribution in [-0.4, -0.2) is 23.1 Å². The molecule has 5 nitrogen and oxygen atoms in total. The molecular formula is C13H10Cl3NO4S2. The van der Waals surface area contributed by atoms with Gasteiger partial charge in [0.15, 0.2) is 9.84 Å². The summed E-state index contributed by atoms with van der Waals surface area (Å²) in [5.74, 6) is 0. The number of nitrogens with one attached hydrogen (secondary N) is 1. The molecule has 0 aliphatic heterocycles. The molecule has 0 aromatic heterocycles. The van der Waals surface area contributed by atoms with Crippen molar-refractivity contribution in [3.05, 3.63) is 51.5 Å². The maximum absolute atomic E-state index is 12.4. The number of hydrogen-bond donors (Lipinski definition) is 1. The van der Waals surface area contributed by atoms with Crippen LogP contribution in [0.15, 0.2) is 46.2 Å². The molecule has 0 saturated carbocycles. The summed E-state index contributed by atoms with van der Waals surface area (Å²) >= 11 is 17.5. The highest BCUT2D eigenvalue weighted by Gasteiger charge is 2.21. The van der Waals surface area contributed by atoms with Crippen molar-refractivity contribution in [1.82, 2.24) is 0 Å². The van der Waals surface area contributed by atoms with Crippen LogP contribution in [-0.2, 0) is 19.9 Å². The van der Waals surface area contributed by atoms with Crippen molar-refractivity contribution in [2.45, 2.75) is 9.79 Å². The summed E-state index contributed by atoms with van der Waals surface area (Å²) in [5.41, 5.74) is 0.128. The maximum atomic E-state index is 12.4. The van der Waals surface area contributed by atoms with E-state index in [1.165, 1.54) is 30.3 Å². The first-order valence-electron chi connectivity index (χ1n) is 5.97. The van der Waals surface area contributed by atoms with Gasteiger partial charge in [-0.05, 0) is 36.4 Å². The quantitative estimate of drug-likeness (QED) is 0.824. The molecule has 2 rings (SSSR count). The van der Waals surface area contributed by atoms with Crippen molar-refractivity contribution in [2.24, 2.45) is 0 Å². The van der Waals surface area contributed by atoms with Gasteiger partial charge in [-0.15, -0.1) is 0 Å². The lowest BCUT2D eigenvalue weighted by molar-refractivity contribution is 0.600. The van der Waals surface area contributed by atoms with Crippen molar-refractivity contribution >= 4 is 60.4 Å². The predicted octanol–water partition coefficient (Wildman–Crippen LogP) is 3.85. The third kappa shape index (κ3) is 4.51. The Bertz CT molecular complexity index is 952. The first-order valence-corrected chi connectivity index (χ1v) is 10.5. The Morgan fingerprint density at radius 1 is 0.870 bits per heavy atom. The Kier molecular flexibility index (Phi) is 5.18. The molecule has 0 fully saturated rings. The fraction of sp³-hybridized carbons (Fsp3) is 0.0769. The zero-order valence-electron chi connectivity index (χ0n) is 11.5. The zero-order valence-corrected chi connectivity index (χ0v) is 15.4. The summed E-state index contributed by atoms with van der Waals surface area (Å²) in [5, 5.41) is 0.371. The number of sulfone groups is 1. The molecule has 0 aliphatic rings. The van der Waals surface area contributed by atoms with E-state index in [4.69, 9.17) is 34.8 Å². The van der Waals surface area contributed by atoms with Gasteiger partial charge in [0.1, 0.15) is 4.90 Å². The second-order valence-electron chi connectivity index (χ2n) is 4.63. The Balaban J connectivity index is 2.51. The molecule has 0 amide bonds. The highest BCUT2D eigenvalue weighted by Crippen LogP contribution is 2.29. The van der Waals surface area contributed by atoms with Gasteiger partial charge in [-0.2, -0.15) is 0 Å².